The molecule has 0 radical (unpaired) electrons. The molecule has 2 aliphatic heterocycles. The molecular weight excluding hydrogens is 518 g/mol. The number of aliphatic hydroxyl groups is 1. The lowest BCUT2D eigenvalue weighted by molar-refractivity contribution is -0.175. The van der Waals surface area contributed by atoms with Gasteiger partial charge < -0.3 is 29.5 Å². The van der Waals surface area contributed by atoms with Crippen molar-refractivity contribution < 1.29 is 38.5 Å². The molecule has 3 atom stereocenters. The van der Waals surface area contributed by atoms with Crippen LogP contribution in [0.5, 0.6) is 0 Å². The molecule has 1 fully saturated rings. The molecule has 11 heteroatoms. The van der Waals surface area contributed by atoms with E-state index in [4.69, 9.17) is 14.2 Å². The third kappa shape index (κ3) is 6.37. The van der Waals surface area contributed by atoms with Crippen LogP contribution in [-0.2, 0) is 40.0 Å². The lowest BCUT2D eigenvalue weighted by Gasteiger charge is -2.44. The van der Waals surface area contributed by atoms with Gasteiger partial charge in [0.2, 0.25) is 18.6 Å². The minimum Gasteiger partial charge on any atom is -0.427 e. The highest BCUT2D eigenvalue weighted by molar-refractivity contribution is 6.06. The Hall–Kier alpha value is -4.09. The van der Waals surface area contributed by atoms with Crippen molar-refractivity contribution in [3.8, 4) is 0 Å². The largest absolute Gasteiger partial charge is 0.427 e. The number of aliphatic hydroxyl groups excluding tert-OH is 1. The van der Waals surface area contributed by atoms with E-state index >= 15 is 0 Å². The van der Waals surface area contributed by atoms with Crippen molar-refractivity contribution in [2.24, 2.45) is 11.3 Å². The number of ether oxygens (including phenoxy) is 3. The third-order valence-corrected chi connectivity index (χ3v) is 6.68. The molecule has 1 aromatic carbocycles. The first-order chi connectivity index (χ1) is 19.0. The maximum atomic E-state index is 13.1. The zero-order valence-electron chi connectivity index (χ0n) is 22.9. The molecule has 2 aromatic rings. The molecular formula is C29H33N3O8. The second-order valence-corrected chi connectivity index (χ2v) is 10.8. The van der Waals surface area contributed by atoms with Gasteiger partial charge in [-0.3, -0.25) is 19.4 Å². The Bertz CT molecular complexity index is 1300. The summed E-state index contributed by atoms with van der Waals surface area (Å²) < 4.78 is 15.8. The van der Waals surface area contributed by atoms with Gasteiger partial charge in [0.25, 0.3) is 0 Å². The highest BCUT2D eigenvalue weighted by atomic mass is 16.7. The fourth-order valence-corrected chi connectivity index (χ4v) is 4.63. The van der Waals surface area contributed by atoms with E-state index in [9.17, 15) is 24.3 Å². The van der Waals surface area contributed by atoms with E-state index in [1.807, 2.05) is 0 Å². The second kappa shape index (κ2) is 12.0. The van der Waals surface area contributed by atoms with Gasteiger partial charge in [-0.2, -0.15) is 0 Å². The number of nitrogens with one attached hydrogen (secondary N) is 1. The molecule has 0 spiro atoms. The molecule has 0 aliphatic carbocycles. The van der Waals surface area contributed by atoms with Crippen LogP contribution in [0, 0.1) is 11.3 Å². The fraction of sp³-hybridized carbons (Fsp3) is 0.414. The Balaban J connectivity index is 1.42. The number of amides is 2. The number of carbonyl (C=O) groups excluding carboxylic acids is 4. The van der Waals surface area contributed by atoms with Gasteiger partial charge in [0.15, 0.2) is 0 Å². The molecule has 3 heterocycles. The quantitative estimate of drug-likeness (QED) is 0.259. The van der Waals surface area contributed by atoms with E-state index < -0.39 is 36.2 Å². The monoisotopic (exact) mass is 551 g/mol. The van der Waals surface area contributed by atoms with Crippen LogP contribution < -0.4 is 5.32 Å². The molecule has 212 valence electrons. The number of β-lactam (4-membered cyclic amide) rings is 1. The summed E-state index contributed by atoms with van der Waals surface area (Å²) in [6.45, 7) is 6.07. The maximum absolute atomic E-state index is 13.1. The highest BCUT2D eigenvalue weighted by Crippen LogP contribution is 2.47. The maximum Gasteiger partial charge on any atom is 0.358 e. The summed E-state index contributed by atoms with van der Waals surface area (Å²) in [4.78, 5) is 55.3. The molecule has 4 rings (SSSR count). The average Bonchev–Trinajstić information content (AvgIpc) is 3.23. The number of nitrogens with zero attached hydrogens (tertiary/aromatic N) is 2. The van der Waals surface area contributed by atoms with Gasteiger partial charge in [-0.15, -0.1) is 0 Å². The number of hydrogen-bond donors (Lipinski definition) is 2. The van der Waals surface area contributed by atoms with Gasteiger partial charge in [-0.25, -0.2) is 4.79 Å². The van der Waals surface area contributed by atoms with Crippen molar-refractivity contribution in [3.63, 3.8) is 0 Å². The topological polar surface area (TPSA) is 144 Å². The SMILES string of the molecule is C[C@@H](O)[C@H]1C(=O)N2C(C(=O)OCOC(=O)C(C)(C)C)=C(c3ccc(COCC(=O)Nc4ccncc4)cc3)C[C@H]12. The van der Waals surface area contributed by atoms with Crippen molar-refractivity contribution in [2.45, 2.75) is 52.9 Å². The van der Waals surface area contributed by atoms with Crippen molar-refractivity contribution in [3.05, 3.63) is 65.6 Å². The number of fused-ring (bicyclic) bond motifs is 1. The number of hydrogen-bond acceptors (Lipinski definition) is 9. The first-order valence-corrected chi connectivity index (χ1v) is 12.9. The Labute approximate surface area is 232 Å². The smallest absolute Gasteiger partial charge is 0.358 e. The summed E-state index contributed by atoms with van der Waals surface area (Å²) in [7, 11) is 0. The Morgan fingerprint density at radius 3 is 2.40 bits per heavy atom. The van der Waals surface area contributed by atoms with E-state index in [1.165, 1.54) is 4.90 Å². The van der Waals surface area contributed by atoms with E-state index in [1.54, 1.807) is 76.5 Å². The summed E-state index contributed by atoms with van der Waals surface area (Å²) in [5.41, 5.74) is 2.04. The van der Waals surface area contributed by atoms with Crippen LogP contribution >= 0.6 is 0 Å². The molecule has 40 heavy (non-hydrogen) atoms. The van der Waals surface area contributed by atoms with Crippen molar-refractivity contribution >= 4 is 35.0 Å². The third-order valence-electron chi connectivity index (χ3n) is 6.68. The highest BCUT2D eigenvalue weighted by Gasteiger charge is 2.57. The summed E-state index contributed by atoms with van der Waals surface area (Å²) in [6.07, 6.45) is 2.65. The molecule has 11 nitrogen and oxygen atoms in total. The minimum atomic E-state index is -0.867. The van der Waals surface area contributed by atoms with Crippen molar-refractivity contribution in [1.29, 1.82) is 0 Å². The zero-order chi connectivity index (χ0) is 29.0. The van der Waals surface area contributed by atoms with Gasteiger partial charge in [-0.05, 0) is 62.9 Å². The number of pyridine rings is 1. The summed E-state index contributed by atoms with van der Waals surface area (Å²) >= 11 is 0. The lowest BCUT2D eigenvalue weighted by Crippen LogP contribution is -2.61. The molecule has 1 saturated heterocycles. The first-order valence-electron chi connectivity index (χ1n) is 12.9. The van der Waals surface area contributed by atoms with Gasteiger partial charge in [-0.1, -0.05) is 24.3 Å². The van der Waals surface area contributed by atoms with Crippen LogP contribution in [0.2, 0.25) is 0 Å². The number of esters is 2. The summed E-state index contributed by atoms with van der Waals surface area (Å²) in [5, 5.41) is 12.8. The normalized spacial score (nSPS) is 19.0. The number of anilines is 1. The summed E-state index contributed by atoms with van der Waals surface area (Å²) in [5.74, 6) is -2.59. The molecule has 0 bridgehead atoms. The molecule has 2 aliphatic rings. The lowest BCUT2D eigenvalue weighted by atomic mass is 9.82. The molecule has 0 unspecified atom stereocenters. The Kier molecular flexibility index (Phi) is 8.65. The predicted octanol–water partition coefficient (Wildman–Crippen LogP) is 2.65. The van der Waals surface area contributed by atoms with Crippen LogP contribution in [0.15, 0.2) is 54.5 Å². The fourth-order valence-electron chi connectivity index (χ4n) is 4.63. The second-order valence-electron chi connectivity index (χ2n) is 10.8. The van der Waals surface area contributed by atoms with Crippen LogP contribution in [0.4, 0.5) is 5.69 Å². The zero-order valence-corrected chi connectivity index (χ0v) is 22.9. The van der Waals surface area contributed by atoms with Crippen LogP contribution in [0.1, 0.15) is 45.2 Å². The number of aromatic nitrogens is 1. The van der Waals surface area contributed by atoms with E-state index in [0.717, 1.165) is 5.56 Å². The van der Waals surface area contributed by atoms with E-state index in [2.05, 4.69) is 10.3 Å². The molecule has 0 saturated carbocycles. The van der Waals surface area contributed by atoms with Crippen LogP contribution in [0.3, 0.4) is 0 Å². The van der Waals surface area contributed by atoms with Crippen molar-refractivity contribution in [1.82, 2.24) is 9.88 Å². The summed E-state index contributed by atoms with van der Waals surface area (Å²) in [6, 6.07) is 10.2. The number of rotatable bonds is 10. The minimum absolute atomic E-state index is 0.0792. The molecule has 2 N–H and O–H groups in total. The number of carbonyl (C=O) groups is 4. The van der Waals surface area contributed by atoms with Gasteiger partial charge in [0.1, 0.15) is 12.3 Å². The standard InChI is InChI=1S/C29H33N3O8/c1-17(33)24-22-13-21(25(32(22)26(24)35)27(36)39-16-40-28(37)29(2,3)4)19-7-5-18(6-8-19)14-38-15-23(34)31-20-9-11-30-12-10-20/h5-12,17,22,24,33H,13-16H2,1-4H3,(H,30,31,34)/t17-,22-,24-/m1/s1. The van der Waals surface area contributed by atoms with Gasteiger partial charge in [0, 0.05) is 18.1 Å². The molecule has 2 amide bonds. The number of benzene rings is 1. The average molecular weight is 552 g/mol. The van der Waals surface area contributed by atoms with Gasteiger partial charge in [0.05, 0.1) is 30.1 Å². The van der Waals surface area contributed by atoms with Crippen molar-refractivity contribution in [2.75, 3.05) is 18.7 Å². The van der Waals surface area contributed by atoms with Crippen LogP contribution in [0.25, 0.3) is 5.57 Å². The predicted molar refractivity (Wildman–Crippen MR) is 143 cm³/mol. The van der Waals surface area contributed by atoms with Crippen LogP contribution in [-0.4, -0.2) is 64.3 Å². The molecule has 1 aromatic heterocycles. The first kappa shape index (κ1) is 28.9. The Morgan fingerprint density at radius 2 is 1.77 bits per heavy atom. The van der Waals surface area contributed by atoms with E-state index in [0.29, 0.717) is 23.2 Å². The van der Waals surface area contributed by atoms with E-state index in [-0.39, 0.29) is 36.8 Å². The van der Waals surface area contributed by atoms with Gasteiger partial charge >= 0.3 is 11.9 Å². The Morgan fingerprint density at radius 1 is 1.10 bits per heavy atom.